The number of nitrogens with zero attached hydrogens (tertiary/aromatic N) is 4. The number of esters is 1. The SMILES string of the molecule is COC(=O)C(C)(C)Cn1c(=O)nc(Nc2ccc(Oc3ncccc3F)cc2)n(Cc2ccc(C)cc2)c1=O. The molecular formula is C28H28FN5O5. The predicted molar refractivity (Wildman–Crippen MR) is 143 cm³/mol. The molecule has 2 aromatic heterocycles. The summed E-state index contributed by atoms with van der Waals surface area (Å²) in [5.41, 5.74) is -0.225. The summed E-state index contributed by atoms with van der Waals surface area (Å²) >= 11 is 0. The normalized spacial score (nSPS) is 11.2. The molecule has 4 rings (SSSR count). The Labute approximate surface area is 223 Å². The maximum Gasteiger partial charge on any atom is 0.354 e. The molecule has 0 aliphatic rings. The van der Waals surface area contributed by atoms with Crippen molar-refractivity contribution in [3.05, 3.63) is 105 Å². The number of aryl methyl sites for hydroxylation is 1. The summed E-state index contributed by atoms with van der Waals surface area (Å²) in [4.78, 5) is 46.8. The summed E-state index contributed by atoms with van der Waals surface area (Å²) in [6, 6.07) is 16.7. The van der Waals surface area contributed by atoms with Gasteiger partial charge in [0.05, 0.1) is 19.1 Å². The molecule has 0 saturated carbocycles. The first-order valence-corrected chi connectivity index (χ1v) is 12.1. The first-order chi connectivity index (χ1) is 18.6. The van der Waals surface area contributed by atoms with Crippen molar-refractivity contribution >= 4 is 17.6 Å². The van der Waals surface area contributed by atoms with Gasteiger partial charge in [0.15, 0.2) is 5.82 Å². The molecule has 11 heteroatoms. The first-order valence-electron chi connectivity index (χ1n) is 12.1. The molecule has 1 N–H and O–H groups in total. The molecule has 0 unspecified atom stereocenters. The van der Waals surface area contributed by atoms with E-state index >= 15 is 0 Å². The van der Waals surface area contributed by atoms with E-state index in [0.717, 1.165) is 15.7 Å². The predicted octanol–water partition coefficient (Wildman–Crippen LogP) is 4.03. The quantitative estimate of drug-likeness (QED) is 0.321. The van der Waals surface area contributed by atoms with Crippen LogP contribution in [0.15, 0.2) is 76.4 Å². The Balaban J connectivity index is 1.68. The monoisotopic (exact) mass is 533 g/mol. The number of nitrogens with one attached hydrogen (secondary N) is 1. The largest absolute Gasteiger partial charge is 0.469 e. The number of methoxy groups -OCH3 is 1. The zero-order valence-corrected chi connectivity index (χ0v) is 22.0. The number of carbonyl (C=O) groups excluding carboxylic acids is 1. The number of benzene rings is 2. The summed E-state index contributed by atoms with van der Waals surface area (Å²) < 4.78 is 26.4. The van der Waals surface area contributed by atoms with Crippen molar-refractivity contribution in [3.8, 4) is 11.6 Å². The number of hydrogen-bond donors (Lipinski definition) is 1. The van der Waals surface area contributed by atoms with Gasteiger partial charge in [-0.3, -0.25) is 9.36 Å². The van der Waals surface area contributed by atoms with Crippen LogP contribution in [0.2, 0.25) is 0 Å². The third kappa shape index (κ3) is 6.38. The van der Waals surface area contributed by atoms with Crippen molar-refractivity contribution in [1.29, 1.82) is 0 Å². The molecule has 39 heavy (non-hydrogen) atoms. The van der Waals surface area contributed by atoms with E-state index < -0.39 is 28.6 Å². The van der Waals surface area contributed by atoms with Gasteiger partial charge in [0.25, 0.3) is 5.88 Å². The number of halogens is 1. The number of pyridine rings is 1. The van der Waals surface area contributed by atoms with Crippen molar-refractivity contribution in [2.24, 2.45) is 5.41 Å². The highest BCUT2D eigenvalue weighted by molar-refractivity contribution is 5.75. The van der Waals surface area contributed by atoms with E-state index in [1.807, 2.05) is 31.2 Å². The highest BCUT2D eigenvalue weighted by Gasteiger charge is 2.31. The van der Waals surface area contributed by atoms with E-state index in [2.05, 4.69) is 15.3 Å². The summed E-state index contributed by atoms with van der Waals surface area (Å²) in [6.45, 7) is 5.03. The fourth-order valence-electron chi connectivity index (χ4n) is 3.81. The van der Waals surface area contributed by atoms with E-state index in [9.17, 15) is 18.8 Å². The van der Waals surface area contributed by atoms with Gasteiger partial charge in [-0.1, -0.05) is 29.8 Å². The fraction of sp³-hybridized carbons (Fsp3) is 0.250. The Morgan fingerprint density at radius 1 is 1.03 bits per heavy atom. The summed E-state index contributed by atoms with van der Waals surface area (Å²) in [6.07, 6.45) is 1.42. The van der Waals surface area contributed by atoms with E-state index in [-0.39, 0.29) is 24.9 Å². The van der Waals surface area contributed by atoms with Gasteiger partial charge in [0.2, 0.25) is 5.95 Å². The minimum absolute atomic E-state index is 0.0159. The lowest BCUT2D eigenvalue weighted by Gasteiger charge is -2.23. The molecule has 0 radical (unpaired) electrons. The molecule has 0 spiro atoms. The molecule has 0 fully saturated rings. The van der Waals surface area contributed by atoms with Crippen LogP contribution in [-0.4, -0.2) is 32.2 Å². The van der Waals surface area contributed by atoms with Crippen LogP contribution >= 0.6 is 0 Å². The van der Waals surface area contributed by atoms with Gasteiger partial charge in [0, 0.05) is 18.4 Å². The van der Waals surface area contributed by atoms with Crippen LogP contribution in [0.3, 0.4) is 0 Å². The fourth-order valence-corrected chi connectivity index (χ4v) is 3.81. The third-order valence-electron chi connectivity index (χ3n) is 5.95. The van der Waals surface area contributed by atoms with Crippen LogP contribution in [0.1, 0.15) is 25.0 Å². The molecule has 0 amide bonds. The van der Waals surface area contributed by atoms with Crippen molar-refractivity contribution < 1.29 is 18.7 Å². The van der Waals surface area contributed by atoms with Crippen LogP contribution < -0.4 is 21.4 Å². The zero-order chi connectivity index (χ0) is 28.2. The van der Waals surface area contributed by atoms with Crippen molar-refractivity contribution in [1.82, 2.24) is 19.1 Å². The number of carbonyl (C=O) groups is 1. The highest BCUT2D eigenvalue weighted by atomic mass is 19.1. The summed E-state index contributed by atoms with van der Waals surface area (Å²) in [5, 5.41) is 3.01. The Hall–Kier alpha value is -4.80. The molecule has 0 atom stereocenters. The van der Waals surface area contributed by atoms with Crippen LogP contribution in [0.25, 0.3) is 0 Å². The van der Waals surface area contributed by atoms with Gasteiger partial charge in [0.1, 0.15) is 5.75 Å². The topological polar surface area (TPSA) is 117 Å². The van der Waals surface area contributed by atoms with Crippen LogP contribution in [0.4, 0.5) is 16.0 Å². The average Bonchev–Trinajstić information content (AvgIpc) is 2.91. The molecule has 0 aliphatic heterocycles. The molecule has 0 bridgehead atoms. The van der Waals surface area contributed by atoms with Crippen molar-refractivity contribution in [3.63, 3.8) is 0 Å². The second-order valence-electron chi connectivity index (χ2n) is 9.58. The van der Waals surface area contributed by atoms with E-state index in [1.165, 1.54) is 30.0 Å². The van der Waals surface area contributed by atoms with Gasteiger partial charge < -0.3 is 14.8 Å². The van der Waals surface area contributed by atoms with Crippen LogP contribution in [-0.2, 0) is 22.6 Å². The van der Waals surface area contributed by atoms with E-state index in [0.29, 0.717) is 11.4 Å². The van der Waals surface area contributed by atoms with Crippen molar-refractivity contribution in [2.45, 2.75) is 33.9 Å². The average molecular weight is 534 g/mol. The number of hydrogen-bond acceptors (Lipinski definition) is 8. The standard InChI is InChI=1S/C28H28FN5O5/c1-18-7-9-19(10-8-18)16-33-25(32-26(36)34(27(33)37)17-28(2,3)24(35)38-4)31-20-11-13-21(14-12-20)39-23-22(29)6-5-15-30-23/h5-15H,16-17H2,1-4H3,(H,31,32,36). The smallest absolute Gasteiger partial charge is 0.354 e. The summed E-state index contributed by atoms with van der Waals surface area (Å²) in [7, 11) is 1.25. The van der Waals surface area contributed by atoms with Crippen LogP contribution in [0, 0.1) is 18.2 Å². The second-order valence-corrected chi connectivity index (χ2v) is 9.58. The van der Waals surface area contributed by atoms with Crippen LogP contribution in [0.5, 0.6) is 11.6 Å². The van der Waals surface area contributed by atoms with Gasteiger partial charge in [-0.15, -0.1) is 0 Å². The van der Waals surface area contributed by atoms with Gasteiger partial charge in [-0.2, -0.15) is 4.98 Å². The number of anilines is 2. The molecule has 2 heterocycles. The molecule has 2 aromatic carbocycles. The Morgan fingerprint density at radius 3 is 2.36 bits per heavy atom. The highest BCUT2D eigenvalue weighted by Crippen LogP contribution is 2.24. The molecule has 4 aromatic rings. The third-order valence-corrected chi connectivity index (χ3v) is 5.95. The molecule has 202 valence electrons. The Bertz CT molecular complexity index is 1590. The maximum absolute atomic E-state index is 13.9. The second kappa shape index (κ2) is 11.3. The van der Waals surface area contributed by atoms with E-state index in [4.69, 9.17) is 9.47 Å². The zero-order valence-electron chi connectivity index (χ0n) is 22.0. The first kappa shape index (κ1) is 27.2. The summed E-state index contributed by atoms with van der Waals surface area (Å²) in [5.74, 6) is -0.968. The molecular weight excluding hydrogens is 505 g/mol. The minimum atomic E-state index is -1.14. The lowest BCUT2D eigenvalue weighted by Crippen LogP contribution is -2.46. The van der Waals surface area contributed by atoms with Gasteiger partial charge in [-0.25, -0.2) is 23.5 Å². The van der Waals surface area contributed by atoms with Crippen molar-refractivity contribution in [2.75, 3.05) is 12.4 Å². The minimum Gasteiger partial charge on any atom is -0.469 e. The Kier molecular flexibility index (Phi) is 7.89. The number of rotatable bonds is 9. The molecule has 10 nitrogen and oxygen atoms in total. The Morgan fingerprint density at radius 2 is 1.72 bits per heavy atom. The van der Waals surface area contributed by atoms with Gasteiger partial charge in [-0.05, 0) is 62.7 Å². The molecule has 0 saturated heterocycles. The number of aromatic nitrogens is 4. The van der Waals surface area contributed by atoms with E-state index in [1.54, 1.807) is 38.1 Å². The van der Waals surface area contributed by atoms with Gasteiger partial charge >= 0.3 is 17.3 Å². The lowest BCUT2D eigenvalue weighted by molar-refractivity contribution is -0.151. The number of ether oxygens (including phenoxy) is 2. The molecule has 0 aliphatic carbocycles. The lowest BCUT2D eigenvalue weighted by atomic mass is 9.94. The maximum atomic E-state index is 13.9.